The highest BCUT2D eigenvalue weighted by molar-refractivity contribution is 5.71. The number of ether oxygens (including phenoxy) is 1. The van der Waals surface area contributed by atoms with Crippen molar-refractivity contribution in [3.63, 3.8) is 0 Å². The molecule has 0 radical (unpaired) electrons. The molecule has 1 N–H and O–H groups in total. The van der Waals surface area contributed by atoms with E-state index >= 15 is 0 Å². The van der Waals surface area contributed by atoms with E-state index in [2.05, 4.69) is 25.2 Å². The summed E-state index contributed by atoms with van der Waals surface area (Å²) in [6, 6.07) is 3.94. The quantitative estimate of drug-likeness (QED) is 0.878. The van der Waals surface area contributed by atoms with Crippen LogP contribution in [0.15, 0.2) is 24.5 Å². The molecular weight excluding hydrogens is 278 g/mol. The number of piperidine rings is 1. The van der Waals surface area contributed by atoms with Gasteiger partial charge in [0.15, 0.2) is 5.65 Å². The van der Waals surface area contributed by atoms with Gasteiger partial charge in [-0.2, -0.15) is 0 Å². The molecule has 0 aliphatic carbocycles. The van der Waals surface area contributed by atoms with Crippen LogP contribution in [0.3, 0.4) is 0 Å². The molecule has 0 spiro atoms. The van der Waals surface area contributed by atoms with Crippen molar-refractivity contribution in [1.82, 2.24) is 19.9 Å². The van der Waals surface area contributed by atoms with E-state index in [1.165, 1.54) is 12.8 Å². The van der Waals surface area contributed by atoms with Gasteiger partial charge in [0.1, 0.15) is 11.3 Å². The maximum absolute atomic E-state index is 5.14. The van der Waals surface area contributed by atoms with Gasteiger partial charge in [0.25, 0.3) is 0 Å². The highest BCUT2D eigenvalue weighted by Crippen LogP contribution is 2.18. The van der Waals surface area contributed by atoms with Crippen LogP contribution in [-0.2, 0) is 4.74 Å². The lowest BCUT2D eigenvalue weighted by Crippen LogP contribution is -2.37. The normalized spacial score (nSPS) is 17.0. The molecular formula is C16H23N5O. The smallest absolute Gasteiger partial charge is 0.180 e. The van der Waals surface area contributed by atoms with E-state index in [1.807, 2.05) is 12.1 Å². The van der Waals surface area contributed by atoms with E-state index in [0.29, 0.717) is 11.6 Å². The number of hydrogen-bond acceptors (Lipinski definition) is 6. The Kier molecular flexibility index (Phi) is 5.13. The van der Waals surface area contributed by atoms with Crippen LogP contribution in [0.1, 0.15) is 12.8 Å². The SMILES string of the molecule is COCCN1CCC(CNc2ccc3nccnc3n2)CC1. The number of hydrogen-bond donors (Lipinski definition) is 1. The maximum atomic E-state index is 5.14. The van der Waals surface area contributed by atoms with Gasteiger partial charge in [-0.25, -0.2) is 9.97 Å². The minimum atomic E-state index is 0.696. The summed E-state index contributed by atoms with van der Waals surface area (Å²) in [7, 11) is 1.76. The Hall–Kier alpha value is -1.79. The molecule has 6 nitrogen and oxygen atoms in total. The summed E-state index contributed by atoms with van der Waals surface area (Å²) in [5.74, 6) is 1.59. The summed E-state index contributed by atoms with van der Waals surface area (Å²) < 4.78 is 5.14. The number of methoxy groups -OCH3 is 1. The van der Waals surface area contributed by atoms with Crippen molar-refractivity contribution in [1.29, 1.82) is 0 Å². The Labute approximate surface area is 130 Å². The lowest BCUT2D eigenvalue weighted by molar-refractivity contribution is 0.122. The van der Waals surface area contributed by atoms with Crippen LogP contribution in [0.4, 0.5) is 5.82 Å². The van der Waals surface area contributed by atoms with E-state index < -0.39 is 0 Å². The first-order chi connectivity index (χ1) is 10.8. The molecule has 0 bridgehead atoms. The average Bonchev–Trinajstić information content (AvgIpc) is 2.59. The highest BCUT2D eigenvalue weighted by Gasteiger charge is 2.18. The number of anilines is 1. The molecule has 22 heavy (non-hydrogen) atoms. The van der Waals surface area contributed by atoms with E-state index in [-0.39, 0.29) is 0 Å². The fourth-order valence-electron chi connectivity index (χ4n) is 2.84. The van der Waals surface area contributed by atoms with Crippen LogP contribution in [0.25, 0.3) is 11.2 Å². The van der Waals surface area contributed by atoms with Crippen LogP contribution in [-0.4, -0.2) is 59.7 Å². The summed E-state index contributed by atoms with van der Waals surface area (Å²) in [6.45, 7) is 5.15. The Morgan fingerprint density at radius 2 is 2.05 bits per heavy atom. The molecule has 118 valence electrons. The van der Waals surface area contributed by atoms with Gasteiger partial charge in [0.05, 0.1) is 6.61 Å². The van der Waals surface area contributed by atoms with Crippen molar-refractivity contribution in [2.45, 2.75) is 12.8 Å². The van der Waals surface area contributed by atoms with Gasteiger partial charge in [0, 0.05) is 32.6 Å². The number of nitrogens with one attached hydrogen (secondary N) is 1. The highest BCUT2D eigenvalue weighted by atomic mass is 16.5. The second-order valence-corrected chi connectivity index (χ2v) is 5.75. The van der Waals surface area contributed by atoms with Crippen molar-refractivity contribution in [2.75, 3.05) is 45.2 Å². The average molecular weight is 301 g/mol. The van der Waals surface area contributed by atoms with Crippen LogP contribution in [0.2, 0.25) is 0 Å². The molecule has 2 aromatic heterocycles. The first kappa shape index (κ1) is 15.1. The molecule has 0 atom stereocenters. The van der Waals surface area contributed by atoms with Crippen LogP contribution in [0.5, 0.6) is 0 Å². The molecule has 0 unspecified atom stereocenters. The summed E-state index contributed by atoms with van der Waals surface area (Å²) in [5.41, 5.74) is 1.53. The minimum absolute atomic E-state index is 0.696. The first-order valence-corrected chi connectivity index (χ1v) is 7.88. The van der Waals surface area contributed by atoms with E-state index in [0.717, 1.165) is 44.1 Å². The van der Waals surface area contributed by atoms with Crippen molar-refractivity contribution < 1.29 is 4.74 Å². The zero-order chi connectivity index (χ0) is 15.2. The monoisotopic (exact) mass is 301 g/mol. The van der Waals surface area contributed by atoms with Gasteiger partial charge in [-0.3, -0.25) is 4.98 Å². The zero-order valence-electron chi connectivity index (χ0n) is 13.0. The summed E-state index contributed by atoms with van der Waals surface area (Å²) in [4.78, 5) is 15.5. The van der Waals surface area contributed by atoms with Gasteiger partial charge in [0.2, 0.25) is 0 Å². The first-order valence-electron chi connectivity index (χ1n) is 7.88. The van der Waals surface area contributed by atoms with Crippen LogP contribution in [0, 0.1) is 5.92 Å². The molecule has 0 amide bonds. The summed E-state index contributed by atoms with van der Waals surface area (Å²) >= 11 is 0. The topological polar surface area (TPSA) is 63.2 Å². The Morgan fingerprint density at radius 3 is 2.86 bits per heavy atom. The predicted octanol–water partition coefficient (Wildman–Crippen LogP) is 1.80. The fourth-order valence-corrected chi connectivity index (χ4v) is 2.84. The third-order valence-corrected chi connectivity index (χ3v) is 4.22. The number of likely N-dealkylation sites (tertiary alicyclic amines) is 1. The Balaban J connectivity index is 1.48. The lowest BCUT2D eigenvalue weighted by atomic mass is 9.97. The molecule has 1 fully saturated rings. The molecule has 3 rings (SSSR count). The number of fused-ring (bicyclic) bond motifs is 1. The second kappa shape index (κ2) is 7.47. The maximum Gasteiger partial charge on any atom is 0.180 e. The van der Waals surface area contributed by atoms with Gasteiger partial charge in [-0.05, 0) is 44.0 Å². The second-order valence-electron chi connectivity index (χ2n) is 5.75. The molecule has 1 aliphatic heterocycles. The Morgan fingerprint density at radius 1 is 1.23 bits per heavy atom. The van der Waals surface area contributed by atoms with E-state index in [9.17, 15) is 0 Å². The summed E-state index contributed by atoms with van der Waals surface area (Å²) in [5, 5.41) is 3.44. The third kappa shape index (κ3) is 3.90. The molecule has 0 aromatic carbocycles. The standard InChI is InChI=1S/C16H23N5O/c1-22-11-10-21-8-4-13(5-9-21)12-19-15-3-2-14-16(20-15)18-7-6-17-14/h2-3,6-7,13H,4-5,8-12H2,1H3,(H,18,19,20). The molecule has 3 heterocycles. The molecule has 2 aromatic rings. The van der Waals surface area contributed by atoms with Crippen molar-refractivity contribution in [2.24, 2.45) is 5.92 Å². The molecule has 1 aliphatic rings. The largest absolute Gasteiger partial charge is 0.383 e. The predicted molar refractivity (Wildman–Crippen MR) is 86.9 cm³/mol. The Bertz CT molecular complexity index is 598. The van der Waals surface area contributed by atoms with Crippen molar-refractivity contribution >= 4 is 17.0 Å². The van der Waals surface area contributed by atoms with Gasteiger partial charge < -0.3 is 15.0 Å². The lowest BCUT2D eigenvalue weighted by Gasteiger charge is -2.31. The van der Waals surface area contributed by atoms with Gasteiger partial charge in [-0.15, -0.1) is 0 Å². The number of aromatic nitrogens is 3. The van der Waals surface area contributed by atoms with Gasteiger partial charge >= 0.3 is 0 Å². The number of nitrogens with zero attached hydrogens (tertiary/aromatic N) is 4. The summed E-state index contributed by atoms with van der Waals surface area (Å²) in [6.07, 6.45) is 5.82. The number of pyridine rings is 1. The molecule has 0 saturated carbocycles. The zero-order valence-corrected chi connectivity index (χ0v) is 13.0. The van der Waals surface area contributed by atoms with E-state index in [4.69, 9.17) is 4.74 Å². The van der Waals surface area contributed by atoms with Crippen LogP contribution >= 0.6 is 0 Å². The van der Waals surface area contributed by atoms with E-state index in [1.54, 1.807) is 19.5 Å². The molecule has 6 heteroatoms. The number of rotatable bonds is 6. The van der Waals surface area contributed by atoms with Gasteiger partial charge in [-0.1, -0.05) is 0 Å². The minimum Gasteiger partial charge on any atom is -0.383 e. The fraction of sp³-hybridized carbons (Fsp3) is 0.562. The van der Waals surface area contributed by atoms with Crippen molar-refractivity contribution in [3.05, 3.63) is 24.5 Å². The van der Waals surface area contributed by atoms with Crippen LogP contribution < -0.4 is 5.32 Å². The third-order valence-electron chi connectivity index (χ3n) is 4.22. The molecule has 1 saturated heterocycles. The van der Waals surface area contributed by atoms with Crippen molar-refractivity contribution in [3.8, 4) is 0 Å².